The molecule has 0 aliphatic carbocycles. The van der Waals surface area contributed by atoms with Crippen molar-refractivity contribution in [2.45, 2.75) is 20.0 Å². The summed E-state index contributed by atoms with van der Waals surface area (Å²) in [6.07, 6.45) is 0. The molecular weight excluding hydrogens is 357 g/mol. The van der Waals surface area contributed by atoms with Gasteiger partial charge >= 0.3 is 8.56 Å². The van der Waals surface area contributed by atoms with Crippen LogP contribution in [0.5, 0.6) is 5.75 Å². The third-order valence-electron chi connectivity index (χ3n) is 2.01. The molecule has 0 aliphatic rings. The highest BCUT2D eigenvalue weighted by Gasteiger charge is 2.30. The Morgan fingerprint density at radius 2 is 1.22 bits per heavy atom. The van der Waals surface area contributed by atoms with Crippen LogP contribution in [0, 0.1) is 0 Å². The maximum absolute atomic E-state index is 6.06. The van der Waals surface area contributed by atoms with E-state index in [0.717, 1.165) is 0 Å². The Balaban J connectivity index is 3.26. The Hall–Kier alpha value is 0.647. The molecule has 2 nitrogen and oxygen atoms in total. The predicted octanol–water partition coefficient (Wildman–Crippen LogP) is 6.07. The summed E-state index contributed by atoms with van der Waals surface area (Å²) in [5.74, 6) is 0.211. The number of hydrogen-bond donors (Lipinski definition) is 0. The third-order valence-corrected chi connectivity index (χ3v) is 5.93. The summed E-state index contributed by atoms with van der Waals surface area (Å²) in [7, 11) is -2.40. The second kappa shape index (κ2) is 6.40. The minimum atomic E-state index is -2.40. The highest BCUT2D eigenvalue weighted by atomic mass is 35.5. The van der Waals surface area contributed by atoms with E-state index in [9.17, 15) is 0 Å². The lowest BCUT2D eigenvalue weighted by Crippen LogP contribution is -2.38. The third kappa shape index (κ3) is 3.60. The van der Waals surface area contributed by atoms with Crippen LogP contribution < -0.4 is 4.43 Å². The minimum Gasteiger partial charge on any atom is -0.518 e. The molecule has 0 radical (unpaired) electrons. The number of halogens is 5. The number of rotatable bonds is 4. The fourth-order valence-corrected chi connectivity index (χ4v) is 4.07. The molecule has 18 heavy (non-hydrogen) atoms. The first-order valence-electron chi connectivity index (χ1n) is 5.05. The van der Waals surface area contributed by atoms with Gasteiger partial charge in [0, 0.05) is 6.61 Å². The zero-order valence-electron chi connectivity index (χ0n) is 9.91. The van der Waals surface area contributed by atoms with Gasteiger partial charge in [0.1, 0.15) is 15.8 Å². The standard InChI is InChI=1S/C10H11Cl5O2Si/c1-4-16-18(2,3)17-10-8(14)6(12)5(11)7(13)9(10)15/h4H2,1-3H3. The Bertz CT molecular complexity index is 435. The van der Waals surface area contributed by atoms with Gasteiger partial charge in [-0.25, -0.2) is 0 Å². The Kier molecular flexibility index (Phi) is 5.94. The lowest BCUT2D eigenvalue weighted by Gasteiger charge is -2.25. The quantitative estimate of drug-likeness (QED) is 0.365. The van der Waals surface area contributed by atoms with Gasteiger partial charge < -0.3 is 8.85 Å². The van der Waals surface area contributed by atoms with E-state index in [-0.39, 0.29) is 30.9 Å². The molecule has 0 bridgehead atoms. The summed E-state index contributed by atoms with van der Waals surface area (Å²) < 4.78 is 11.3. The fraction of sp³-hybridized carbons (Fsp3) is 0.400. The van der Waals surface area contributed by atoms with Crippen LogP contribution >= 0.6 is 58.0 Å². The van der Waals surface area contributed by atoms with Crippen LogP contribution in [-0.4, -0.2) is 15.2 Å². The predicted molar refractivity (Wildman–Crippen MR) is 81.2 cm³/mol. The lowest BCUT2D eigenvalue weighted by atomic mass is 10.3. The first kappa shape index (κ1) is 16.7. The van der Waals surface area contributed by atoms with Gasteiger partial charge in [-0.15, -0.1) is 0 Å². The highest BCUT2D eigenvalue weighted by Crippen LogP contribution is 2.48. The van der Waals surface area contributed by atoms with Crippen LogP contribution in [0.1, 0.15) is 6.92 Å². The molecule has 0 saturated carbocycles. The summed E-state index contributed by atoms with van der Waals surface area (Å²) in [4.78, 5) is 0. The molecule has 102 valence electrons. The summed E-state index contributed by atoms with van der Waals surface area (Å²) in [6.45, 7) is 6.13. The Labute approximate surface area is 132 Å². The molecule has 1 rings (SSSR count). The van der Waals surface area contributed by atoms with E-state index < -0.39 is 8.56 Å². The zero-order chi connectivity index (χ0) is 14.1. The monoisotopic (exact) mass is 366 g/mol. The maximum Gasteiger partial charge on any atom is 0.392 e. The van der Waals surface area contributed by atoms with E-state index >= 15 is 0 Å². The average molecular weight is 369 g/mol. The first-order chi connectivity index (χ1) is 8.21. The van der Waals surface area contributed by atoms with Crippen LogP contribution in [0.3, 0.4) is 0 Å². The molecule has 8 heteroatoms. The van der Waals surface area contributed by atoms with Crippen LogP contribution in [0.25, 0.3) is 0 Å². The lowest BCUT2D eigenvalue weighted by molar-refractivity contribution is 0.264. The van der Waals surface area contributed by atoms with Gasteiger partial charge in [0.2, 0.25) is 0 Å². The van der Waals surface area contributed by atoms with Crippen molar-refractivity contribution >= 4 is 66.6 Å². The Morgan fingerprint density at radius 3 is 1.61 bits per heavy atom. The largest absolute Gasteiger partial charge is 0.518 e. The van der Waals surface area contributed by atoms with Gasteiger partial charge in [-0.1, -0.05) is 58.0 Å². The average Bonchev–Trinajstić information content (AvgIpc) is 2.30. The molecule has 0 aliphatic heterocycles. The summed E-state index contributed by atoms with van der Waals surface area (Å²) in [5, 5.41) is 0.609. The topological polar surface area (TPSA) is 18.5 Å². The maximum atomic E-state index is 6.06. The van der Waals surface area contributed by atoms with Crippen molar-refractivity contribution in [3.63, 3.8) is 0 Å². The summed E-state index contributed by atoms with van der Waals surface area (Å²) in [5.41, 5.74) is 0. The minimum absolute atomic E-state index is 0.108. The van der Waals surface area contributed by atoms with Gasteiger partial charge in [-0.2, -0.15) is 0 Å². The molecule has 1 aromatic rings. The van der Waals surface area contributed by atoms with Crippen molar-refractivity contribution in [1.82, 2.24) is 0 Å². The number of hydrogen-bond acceptors (Lipinski definition) is 2. The fourth-order valence-electron chi connectivity index (χ4n) is 1.30. The Morgan fingerprint density at radius 1 is 0.833 bits per heavy atom. The van der Waals surface area contributed by atoms with Crippen LogP contribution in [0.15, 0.2) is 0 Å². The highest BCUT2D eigenvalue weighted by molar-refractivity contribution is 6.66. The van der Waals surface area contributed by atoms with Crippen molar-refractivity contribution in [3.05, 3.63) is 25.1 Å². The zero-order valence-corrected chi connectivity index (χ0v) is 14.7. The molecule has 0 heterocycles. The van der Waals surface area contributed by atoms with Crippen LogP contribution in [-0.2, 0) is 4.43 Å². The number of benzene rings is 1. The normalized spacial score (nSPS) is 11.8. The van der Waals surface area contributed by atoms with E-state index in [0.29, 0.717) is 6.61 Å². The van der Waals surface area contributed by atoms with Gasteiger partial charge in [0.25, 0.3) is 0 Å². The second-order valence-electron chi connectivity index (χ2n) is 3.83. The van der Waals surface area contributed by atoms with Crippen molar-refractivity contribution in [1.29, 1.82) is 0 Å². The van der Waals surface area contributed by atoms with E-state index in [1.54, 1.807) is 0 Å². The van der Waals surface area contributed by atoms with E-state index in [1.165, 1.54) is 0 Å². The van der Waals surface area contributed by atoms with Crippen molar-refractivity contribution in [2.75, 3.05) is 6.61 Å². The van der Waals surface area contributed by atoms with Crippen molar-refractivity contribution in [3.8, 4) is 5.75 Å². The smallest absolute Gasteiger partial charge is 0.392 e. The second-order valence-corrected chi connectivity index (χ2v) is 9.02. The van der Waals surface area contributed by atoms with Crippen LogP contribution in [0.2, 0.25) is 38.2 Å². The molecule has 0 aromatic heterocycles. The van der Waals surface area contributed by atoms with E-state index in [1.807, 2.05) is 20.0 Å². The molecule has 0 spiro atoms. The first-order valence-corrected chi connectivity index (χ1v) is 9.76. The molecule has 0 saturated heterocycles. The van der Waals surface area contributed by atoms with Gasteiger partial charge in [0.05, 0.1) is 15.1 Å². The molecule has 0 atom stereocenters. The molecule has 0 amide bonds. The van der Waals surface area contributed by atoms with Gasteiger partial charge in [-0.3, -0.25) is 0 Å². The van der Waals surface area contributed by atoms with Crippen molar-refractivity contribution in [2.24, 2.45) is 0 Å². The molecular formula is C10H11Cl5O2Si. The van der Waals surface area contributed by atoms with Crippen LogP contribution in [0.4, 0.5) is 0 Å². The molecule has 0 N–H and O–H groups in total. The molecule has 0 fully saturated rings. The SMILES string of the molecule is CCO[Si](C)(C)Oc1c(Cl)c(Cl)c(Cl)c(Cl)c1Cl. The molecule has 1 aromatic carbocycles. The van der Waals surface area contributed by atoms with Gasteiger partial charge in [-0.05, 0) is 20.0 Å². The van der Waals surface area contributed by atoms with Gasteiger partial charge in [0.15, 0.2) is 0 Å². The summed E-state index contributed by atoms with van der Waals surface area (Å²) in [6, 6.07) is 0. The van der Waals surface area contributed by atoms with E-state index in [4.69, 9.17) is 66.9 Å². The summed E-state index contributed by atoms with van der Waals surface area (Å²) >= 11 is 29.9. The van der Waals surface area contributed by atoms with Crippen molar-refractivity contribution < 1.29 is 8.85 Å². The van der Waals surface area contributed by atoms with E-state index in [2.05, 4.69) is 0 Å². The molecule has 0 unspecified atom stereocenters.